The minimum absolute atomic E-state index is 0.178. The molecule has 0 spiro atoms. The molecule has 3 aromatic rings. The van der Waals surface area contributed by atoms with Crippen LogP contribution in [0, 0.1) is 6.92 Å². The normalized spacial score (nSPS) is 14.5. The summed E-state index contributed by atoms with van der Waals surface area (Å²) in [6.07, 6.45) is 7.41. The monoisotopic (exact) mass is 434 g/mol. The van der Waals surface area contributed by atoms with E-state index in [1.807, 2.05) is 18.2 Å². The molecule has 6 heteroatoms. The van der Waals surface area contributed by atoms with Crippen LogP contribution < -0.4 is 5.32 Å². The van der Waals surface area contributed by atoms with Crippen molar-refractivity contribution in [1.29, 1.82) is 0 Å². The molecule has 0 unspecified atom stereocenters. The topological polar surface area (TPSA) is 59.8 Å². The van der Waals surface area contributed by atoms with Gasteiger partial charge in [-0.05, 0) is 43.9 Å². The van der Waals surface area contributed by atoms with Crippen LogP contribution in [0.3, 0.4) is 0 Å². The number of benzene rings is 2. The van der Waals surface area contributed by atoms with Crippen molar-refractivity contribution in [3.63, 3.8) is 0 Å². The van der Waals surface area contributed by atoms with Crippen molar-refractivity contribution < 1.29 is 4.79 Å². The second-order valence-electron chi connectivity index (χ2n) is 8.20. The Morgan fingerprint density at radius 2 is 1.87 bits per heavy atom. The Morgan fingerprint density at radius 1 is 1.06 bits per heavy atom. The minimum atomic E-state index is 0.178. The van der Waals surface area contributed by atoms with Crippen molar-refractivity contribution in [2.24, 2.45) is 0 Å². The van der Waals surface area contributed by atoms with E-state index in [9.17, 15) is 4.79 Å². The maximum atomic E-state index is 12.3. The molecule has 4 rings (SSSR count). The van der Waals surface area contributed by atoms with Crippen LogP contribution in [-0.4, -0.2) is 32.5 Å². The van der Waals surface area contributed by atoms with Crippen molar-refractivity contribution in [1.82, 2.24) is 20.1 Å². The average Bonchev–Trinajstić information content (AvgIpc) is 3.22. The van der Waals surface area contributed by atoms with E-state index in [1.165, 1.54) is 24.8 Å². The van der Waals surface area contributed by atoms with Crippen LogP contribution >= 0.6 is 11.8 Å². The second kappa shape index (κ2) is 10.6. The number of nitrogens with zero attached hydrogens (tertiary/aromatic N) is 3. The van der Waals surface area contributed by atoms with E-state index in [0.29, 0.717) is 12.5 Å². The van der Waals surface area contributed by atoms with Crippen LogP contribution in [0.5, 0.6) is 0 Å². The zero-order chi connectivity index (χ0) is 21.5. The fraction of sp³-hybridized carbons (Fsp3) is 0.400. The summed E-state index contributed by atoms with van der Waals surface area (Å²) in [6.45, 7) is 2.09. The molecule has 0 radical (unpaired) electrons. The second-order valence-corrected chi connectivity index (χ2v) is 9.26. The number of hydrogen-bond donors (Lipinski definition) is 1. The van der Waals surface area contributed by atoms with Gasteiger partial charge >= 0.3 is 0 Å². The molecule has 162 valence electrons. The van der Waals surface area contributed by atoms with Crippen LogP contribution in [0.15, 0.2) is 59.8 Å². The first-order valence-corrected chi connectivity index (χ1v) is 12.2. The SMILES string of the molecule is Cc1cccc(-n2c(SCCCC(=O)NC3CCCCC3)nnc2-c2ccccc2)c1. The summed E-state index contributed by atoms with van der Waals surface area (Å²) in [6, 6.07) is 18.9. The van der Waals surface area contributed by atoms with Gasteiger partial charge < -0.3 is 5.32 Å². The number of hydrogen-bond acceptors (Lipinski definition) is 4. The number of rotatable bonds is 8. The van der Waals surface area contributed by atoms with Gasteiger partial charge in [0, 0.05) is 29.5 Å². The smallest absolute Gasteiger partial charge is 0.220 e. The van der Waals surface area contributed by atoms with Gasteiger partial charge in [0.05, 0.1) is 0 Å². The van der Waals surface area contributed by atoms with Crippen molar-refractivity contribution in [2.75, 3.05) is 5.75 Å². The van der Waals surface area contributed by atoms with Gasteiger partial charge in [-0.3, -0.25) is 9.36 Å². The number of carbonyl (C=O) groups excluding carboxylic acids is 1. The van der Waals surface area contributed by atoms with Gasteiger partial charge in [0.2, 0.25) is 5.91 Å². The maximum absolute atomic E-state index is 12.3. The fourth-order valence-corrected chi connectivity index (χ4v) is 4.97. The first kappa shape index (κ1) is 21.6. The third kappa shape index (κ3) is 5.76. The molecule has 5 nitrogen and oxygen atoms in total. The number of thioether (sulfide) groups is 1. The highest BCUT2D eigenvalue weighted by Gasteiger charge is 2.17. The number of carbonyl (C=O) groups is 1. The van der Waals surface area contributed by atoms with Gasteiger partial charge in [0.15, 0.2) is 11.0 Å². The molecule has 1 aliphatic rings. The molecule has 1 amide bonds. The summed E-state index contributed by atoms with van der Waals surface area (Å²) in [5.74, 6) is 1.85. The lowest BCUT2D eigenvalue weighted by Gasteiger charge is -2.22. The third-order valence-electron chi connectivity index (χ3n) is 5.67. The Hall–Kier alpha value is -2.60. The van der Waals surface area contributed by atoms with E-state index in [4.69, 9.17) is 0 Å². The molecular weight excluding hydrogens is 404 g/mol. The minimum Gasteiger partial charge on any atom is -0.353 e. The number of aromatic nitrogens is 3. The fourth-order valence-electron chi connectivity index (χ4n) is 4.08. The van der Waals surface area contributed by atoms with Crippen molar-refractivity contribution in [2.45, 2.75) is 63.1 Å². The zero-order valence-corrected chi connectivity index (χ0v) is 18.9. The lowest BCUT2D eigenvalue weighted by atomic mass is 9.95. The average molecular weight is 435 g/mol. The molecule has 0 atom stereocenters. The van der Waals surface area contributed by atoms with Crippen molar-refractivity contribution >= 4 is 17.7 Å². The molecule has 31 heavy (non-hydrogen) atoms. The van der Waals surface area contributed by atoms with E-state index in [2.05, 4.69) is 63.4 Å². The maximum Gasteiger partial charge on any atom is 0.220 e. The molecule has 1 N–H and O–H groups in total. The summed E-state index contributed by atoms with van der Waals surface area (Å²) in [7, 11) is 0. The number of nitrogens with one attached hydrogen (secondary N) is 1. The van der Waals surface area contributed by atoms with Gasteiger partial charge in [-0.25, -0.2) is 0 Å². The standard InChI is InChI=1S/C25H30N4OS/c1-19-10-8-15-22(18-19)29-24(20-11-4-2-5-12-20)27-28-25(29)31-17-9-16-23(30)26-21-13-6-3-7-14-21/h2,4-5,8,10-12,15,18,21H,3,6-7,9,13-14,16-17H2,1H3,(H,26,30). The van der Waals surface area contributed by atoms with Gasteiger partial charge in [0.25, 0.3) is 0 Å². The summed E-state index contributed by atoms with van der Waals surface area (Å²) in [5.41, 5.74) is 3.29. The van der Waals surface area contributed by atoms with Gasteiger partial charge in [-0.1, -0.05) is 73.5 Å². The number of aryl methyl sites for hydroxylation is 1. The van der Waals surface area contributed by atoms with Crippen LogP contribution in [0.1, 0.15) is 50.5 Å². The first-order valence-electron chi connectivity index (χ1n) is 11.2. The Kier molecular flexibility index (Phi) is 7.41. The zero-order valence-electron chi connectivity index (χ0n) is 18.1. The summed E-state index contributed by atoms with van der Waals surface area (Å²) < 4.78 is 2.12. The molecule has 1 heterocycles. The third-order valence-corrected chi connectivity index (χ3v) is 6.69. The summed E-state index contributed by atoms with van der Waals surface area (Å²) in [4.78, 5) is 12.3. The van der Waals surface area contributed by atoms with Gasteiger partial charge in [0.1, 0.15) is 0 Å². The molecule has 1 saturated carbocycles. The molecular formula is C25H30N4OS. The Labute approximate surface area is 188 Å². The molecule has 0 aliphatic heterocycles. The van der Waals surface area contributed by atoms with E-state index in [0.717, 1.165) is 47.2 Å². The summed E-state index contributed by atoms with van der Waals surface area (Å²) in [5, 5.41) is 13.0. The first-order chi connectivity index (χ1) is 15.2. The van der Waals surface area contributed by atoms with Crippen molar-refractivity contribution in [3.05, 3.63) is 60.2 Å². The van der Waals surface area contributed by atoms with Gasteiger partial charge in [-0.15, -0.1) is 10.2 Å². The molecule has 0 bridgehead atoms. The van der Waals surface area contributed by atoms with Crippen LogP contribution in [0.4, 0.5) is 0 Å². The lowest BCUT2D eigenvalue weighted by molar-refractivity contribution is -0.122. The van der Waals surface area contributed by atoms with Crippen LogP contribution in [-0.2, 0) is 4.79 Å². The van der Waals surface area contributed by atoms with Crippen molar-refractivity contribution in [3.8, 4) is 17.1 Å². The molecule has 1 fully saturated rings. The van der Waals surface area contributed by atoms with E-state index >= 15 is 0 Å². The highest BCUT2D eigenvalue weighted by atomic mass is 32.2. The highest BCUT2D eigenvalue weighted by molar-refractivity contribution is 7.99. The lowest BCUT2D eigenvalue weighted by Crippen LogP contribution is -2.36. The van der Waals surface area contributed by atoms with E-state index in [-0.39, 0.29) is 5.91 Å². The Balaban J connectivity index is 1.42. The van der Waals surface area contributed by atoms with E-state index in [1.54, 1.807) is 11.8 Å². The quantitative estimate of drug-likeness (QED) is 0.372. The summed E-state index contributed by atoms with van der Waals surface area (Å²) >= 11 is 1.66. The Bertz CT molecular complexity index is 996. The molecule has 1 aromatic heterocycles. The van der Waals surface area contributed by atoms with Crippen LogP contribution in [0.2, 0.25) is 0 Å². The highest BCUT2D eigenvalue weighted by Crippen LogP contribution is 2.28. The van der Waals surface area contributed by atoms with E-state index < -0.39 is 0 Å². The Morgan fingerprint density at radius 3 is 2.65 bits per heavy atom. The van der Waals surface area contributed by atoms with Crippen LogP contribution in [0.25, 0.3) is 17.1 Å². The largest absolute Gasteiger partial charge is 0.353 e. The predicted octanol–water partition coefficient (Wildman–Crippen LogP) is 5.56. The molecule has 2 aromatic carbocycles. The predicted molar refractivity (Wildman–Crippen MR) is 127 cm³/mol. The molecule has 0 saturated heterocycles. The number of amides is 1. The molecule has 1 aliphatic carbocycles. The van der Waals surface area contributed by atoms with Gasteiger partial charge in [-0.2, -0.15) is 0 Å².